The molecule has 34 heavy (non-hydrogen) atoms. The first-order valence-electron chi connectivity index (χ1n) is 10.1. The maximum absolute atomic E-state index is 13.8. The number of pyridine rings is 1. The lowest BCUT2D eigenvalue weighted by Crippen LogP contribution is -2.25. The van der Waals surface area contributed by atoms with E-state index in [2.05, 4.69) is 41.4 Å². The van der Waals surface area contributed by atoms with Crippen LogP contribution in [0.1, 0.15) is 11.3 Å². The maximum Gasteiger partial charge on any atom is 0.416 e. The van der Waals surface area contributed by atoms with E-state index in [0.717, 1.165) is 18.3 Å². The van der Waals surface area contributed by atoms with E-state index in [1.54, 1.807) is 12.1 Å². The second kappa shape index (κ2) is 11.9. The van der Waals surface area contributed by atoms with Crippen molar-refractivity contribution in [3.8, 4) is 0 Å². The lowest BCUT2D eigenvalue weighted by molar-refractivity contribution is -0.137. The zero-order valence-corrected chi connectivity index (χ0v) is 17.8. The Hall–Kier alpha value is -3.84. The number of benzene rings is 1. The Morgan fingerprint density at radius 1 is 1.00 bits per heavy atom. The van der Waals surface area contributed by atoms with Crippen LogP contribution in [0.25, 0.3) is 0 Å². The fraction of sp³-hybridized carbons (Fsp3) is 0.238. The van der Waals surface area contributed by atoms with Crippen LogP contribution in [-0.4, -0.2) is 52.5 Å². The Morgan fingerprint density at radius 3 is 2.59 bits per heavy atom. The first-order chi connectivity index (χ1) is 16.3. The number of alkyl halides is 3. The number of aromatic nitrogens is 3. The van der Waals surface area contributed by atoms with Crippen LogP contribution in [-0.2, 0) is 6.18 Å². The Morgan fingerprint density at radius 2 is 1.85 bits per heavy atom. The van der Waals surface area contributed by atoms with Gasteiger partial charge in [0.15, 0.2) is 11.6 Å². The van der Waals surface area contributed by atoms with Crippen molar-refractivity contribution >= 4 is 29.4 Å². The number of hydrogen-bond acceptors (Lipinski definition) is 9. The third-order valence-electron chi connectivity index (χ3n) is 4.25. The Balaban J connectivity index is 1.54. The predicted molar refractivity (Wildman–Crippen MR) is 121 cm³/mol. The summed E-state index contributed by atoms with van der Waals surface area (Å²) in [5.41, 5.74) is 3.06. The summed E-state index contributed by atoms with van der Waals surface area (Å²) in [7, 11) is 0. The Bertz CT molecular complexity index is 1090. The highest BCUT2D eigenvalue weighted by Crippen LogP contribution is 2.31. The third-order valence-corrected chi connectivity index (χ3v) is 4.25. The number of halogens is 4. The third kappa shape index (κ3) is 7.64. The van der Waals surface area contributed by atoms with E-state index in [1.807, 2.05) is 0 Å². The molecular formula is C21H22F4N8O. The summed E-state index contributed by atoms with van der Waals surface area (Å²) in [6.07, 6.45) is -0.595. The predicted octanol–water partition coefficient (Wildman–Crippen LogP) is 3.21. The van der Waals surface area contributed by atoms with Gasteiger partial charge in [-0.3, -0.25) is 4.98 Å². The molecule has 0 aliphatic rings. The van der Waals surface area contributed by atoms with Crippen molar-refractivity contribution in [3.63, 3.8) is 0 Å². The van der Waals surface area contributed by atoms with E-state index >= 15 is 0 Å². The zero-order valence-electron chi connectivity index (χ0n) is 17.8. The first kappa shape index (κ1) is 24.8. The number of hydrazone groups is 1. The van der Waals surface area contributed by atoms with E-state index in [9.17, 15) is 17.6 Å². The van der Waals surface area contributed by atoms with Crippen molar-refractivity contribution < 1.29 is 22.7 Å². The van der Waals surface area contributed by atoms with Crippen LogP contribution in [0.15, 0.2) is 53.9 Å². The lowest BCUT2D eigenvalue weighted by Gasteiger charge is -2.10. The largest absolute Gasteiger partial charge is 0.416 e. The van der Waals surface area contributed by atoms with Crippen molar-refractivity contribution in [2.45, 2.75) is 6.18 Å². The highest BCUT2D eigenvalue weighted by Gasteiger charge is 2.30. The molecule has 2 aromatic heterocycles. The molecule has 13 heteroatoms. The minimum Gasteiger partial charge on any atom is -0.395 e. The summed E-state index contributed by atoms with van der Waals surface area (Å²) in [6.45, 7) is 1.35. The number of aliphatic hydroxyl groups excluding tert-OH is 1. The summed E-state index contributed by atoms with van der Waals surface area (Å²) < 4.78 is 52.3. The van der Waals surface area contributed by atoms with Crippen LogP contribution >= 0.6 is 0 Å². The monoisotopic (exact) mass is 478 g/mol. The molecule has 2 heterocycles. The number of anilines is 4. The normalized spacial score (nSPS) is 11.6. The Kier molecular flexibility index (Phi) is 8.65. The van der Waals surface area contributed by atoms with Crippen LogP contribution in [0.5, 0.6) is 0 Å². The molecule has 3 rings (SSSR count). The van der Waals surface area contributed by atoms with Gasteiger partial charge in [-0.05, 0) is 30.3 Å². The SMILES string of the molecule is OCCNCCNc1nc(N/N=C/c2ccc(Nc3cccc(C(F)(F)F)c3)cn2)ncc1F. The minimum atomic E-state index is -4.42. The van der Waals surface area contributed by atoms with Crippen molar-refractivity contribution in [3.05, 3.63) is 65.9 Å². The highest BCUT2D eigenvalue weighted by molar-refractivity contribution is 5.78. The van der Waals surface area contributed by atoms with Gasteiger partial charge in [-0.15, -0.1) is 0 Å². The molecule has 0 saturated heterocycles. The number of hydrogen-bond donors (Lipinski definition) is 5. The van der Waals surface area contributed by atoms with Gasteiger partial charge < -0.3 is 21.1 Å². The molecule has 0 unspecified atom stereocenters. The molecule has 1 aromatic carbocycles. The molecule has 0 radical (unpaired) electrons. The lowest BCUT2D eigenvalue weighted by atomic mass is 10.2. The van der Waals surface area contributed by atoms with Gasteiger partial charge in [-0.2, -0.15) is 23.3 Å². The molecule has 5 N–H and O–H groups in total. The summed E-state index contributed by atoms with van der Waals surface area (Å²) >= 11 is 0. The zero-order chi connectivity index (χ0) is 24.4. The standard InChI is InChI=1S/C21H22F4N8O/c22-18-13-29-20(32-19(18)27-7-6-26-8-9-34)33-30-12-16-4-5-17(11-28-16)31-15-3-1-2-14(10-15)21(23,24)25/h1-5,10-13,26,31,34H,6-9H2,(H2,27,29,32,33)/b30-12+. The van der Waals surface area contributed by atoms with Crippen LogP contribution < -0.4 is 21.4 Å². The number of nitrogens with zero attached hydrogens (tertiary/aromatic N) is 4. The topological polar surface area (TPSA) is 119 Å². The van der Waals surface area contributed by atoms with Gasteiger partial charge in [0.25, 0.3) is 0 Å². The van der Waals surface area contributed by atoms with E-state index in [0.29, 0.717) is 31.0 Å². The molecule has 180 valence electrons. The molecular weight excluding hydrogens is 456 g/mol. The van der Waals surface area contributed by atoms with Crippen LogP contribution in [0.4, 0.5) is 40.7 Å². The second-order valence-electron chi connectivity index (χ2n) is 6.84. The smallest absolute Gasteiger partial charge is 0.395 e. The number of aliphatic hydroxyl groups is 1. The van der Waals surface area contributed by atoms with Crippen molar-refractivity contribution in [1.29, 1.82) is 0 Å². The molecule has 9 nitrogen and oxygen atoms in total. The average molecular weight is 478 g/mol. The van der Waals surface area contributed by atoms with Crippen LogP contribution in [0.2, 0.25) is 0 Å². The molecule has 0 saturated carbocycles. The highest BCUT2D eigenvalue weighted by atomic mass is 19.4. The maximum atomic E-state index is 13.8. The van der Waals surface area contributed by atoms with E-state index < -0.39 is 17.6 Å². The van der Waals surface area contributed by atoms with Gasteiger partial charge >= 0.3 is 6.18 Å². The number of rotatable bonds is 11. The first-order valence-corrected chi connectivity index (χ1v) is 10.1. The van der Waals surface area contributed by atoms with Gasteiger partial charge in [0.2, 0.25) is 5.95 Å². The second-order valence-corrected chi connectivity index (χ2v) is 6.84. The molecule has 0 aliphatic heterocycles. The number of nitrogens with one attached hydrogen (secondary N) is 4. The Labute approximate surface area is 192 Å². The summed E-state index contributed by atoms with van der Waals surface area (Å²) in [5.74, 6) is -0.560. The van der Waals surface area contributed by atoms with Crippen LogP contribution in [0.3, 0.4) is 0 Å². The fourth-order valence-corrected chi connectivity index (χ4v) is 2.67. The summed E-state index contributed by atoms with van der Waals surface area (Å²) in [6, 6.07) is 8.09. The average Bonchev–Trinajstić information content (AvgIpc) is 2.81. The van der Waals surface area contributed by atoms with E-state index in [4.69, 9.17) is 5.11 Å². The van der Waals surface area contributed by atoms with Crippen molar-refractivity contribution in [1.82, 2.24) is 20.3 Å². The molecule has 0 bridgehead atoms. The molecule has 0 atom stereocenters. The van der Waals surface area contributed by atoms with Crippen LogP contribution in [0, 0.1) is 5.82 Å². The molecule has 0 aliphatic carbocycles. The minimum absolute atomic E-state index is 0.00152. The van der Waals surface area contributed by atoms with Crippen molar-refractivity contribution in [2.24, 2.45) is 5.10 Å². The van der Waals surface area contributed by atoms with E-state index in [-0.39, 0.29) is 24.1 Å². The molecule has 0 fully saturated rings. The quantitative estimate of drug-likeness (QED) is 0.123. The molecule has 3 aromatic rings. The van der Waals surface area contributed by atoms with Gasteiger partial charge in [-0.25, -0.2) is 14.8 Å². The van der Waals surface area contributed by atoms with E-state index in [1.165, 1.54) is 24.5 Å². The van der Waals surface area contributed by atoms with Gasteiger partial charge in [-0.1, -0.05) is 6.07 Å². The fourth-order valence-electron chi connectivity index (χ4n) is 2.67. The molecule has 0 amide bonds. The van der Waals surface area contributed by atoms with Gasteiger partial charge in [0.05, 0.1) is 42.2 Å². The van der Waals surface area contributed by atoms with Gasteiger partial charge in [0.1, 0.15) is 0 Å². The van der Waals surface area contributed by atoms with Gasteiger partial charge in [0, 0.05) is 25.3 Å². The molecule has 0 spiro atoms. The van der Waals surface area contributed by atoms with Crippen molar-refractivity contribution in [2.75, 3.05) is 42.3 Å². The summed E-state index contributed by atoms with van der Waals surface area (Å²) in [4.78, 5) is 12.0. The summed E-state index contributed by atoms with van der Waals surface area (Å²) in [5, 5.41) is 21.3.